The molecule has 1 heterocycles. The van der Waals surface area contributed by atoms with Crippen molar-refractivity contribution in [1.29, 1.82) is 0 Å². The lowest BCUT2D eigenvalue weighted by atomic mass is 10.4. The van der Waals surface area contributed by atoms with Crippen molar-refractivity contribution in [2.75, 3.05) is 12.4 Å². The molecule has 0 unspecified atom stereocenters. The molecule has 1 rings (SSSR count). The molecule has 0 saturated heterocycles. The fourth-order valence-corrected chi connectivity index (χ4v) is 3.11. The van der Waals surface area contributed by atoms with Crippen molar-refractivity contribution >= 4 is 33.1 Å². The summed E-state index contributed by atoms with van der Waals surface area (Å²) in [6.45, 7) is 1.84. The number of thiophene rings is 1. The zero-order valence-corrected chi connectivity index (χ0v) is 10.1. The highest BCUT2D eigenvalue weighted by Crippen LogP contribution is 2.22. The fraction of sp³-hybridized carbons (Fsp3) is 0.500. The van der Waals surface area contributed by atoms with Gasteiger partial charge in [0.15, 0.2) is 0 Å². The largest absolute Gasteiger partial charge is 0.270 e. The lowest BCUT2D eigenvalue weighted by Crippen LogP contribution is -2.11. The zero-order valence-electron chi connectivity index (χ0n) is 7.70. The molecule has 1 aromatic rings. The smallest absolute Gasteiger partial charge is 0.267 e. The molecule has 0 N–H and O–H groups in total. The lowest BCUT2D eigenvalue weighted by molar-refractivity contribution is 0.338. The maximum Gasteiger partial charge on any atom is 0.267 e. The summed E-state index contributed by atoms with van der Waals surface area (Å²) >= 11 is 7.10. The maximum absolute atomic E-state index is 11.2. The van der Waals surface area contributed by atoms with Gasteiger partial charge in [0, 0.05) is 4.88 Å². The Labute approximate surface area is 92.8 Å². The van der Waals surface area contributed by atoms with Gasteiger partial charge in [-0.2, -0.15) is 8.42 Å². The minimum Gasteiger partial charge on any atom is -0.270 e. The fourth-order valence-electron chi connectivity index (χ4n) is 0.950. The van der Waals surface area contributed by atoms with Crippen LogP contribution < -0.4 is 0 Å². The summed E-state index contributed by atoms with van der Waals surface area (Å²) in [7, 11) is -3.36. The van der Waals surface area contributed by atoms with Crippen molar-refractivity contribution in [2.24, 2.45) is 0 Å². The Morgan fingerprint density at radius 3 is 2.71 bits per heavy atom. The molecule has 14 heavy (non-hydrogen) atoms. The predicted octanol–water partition coefficient (Wildman–Crippen LogP) is 2.31. The Kier molecular flexibility index (Phi) is 4.37. The number of halogens is 1. The van der Waals surface area contributed by atoms with Crippen LogP contribution in [-0.4, -0.2) is 20.8 Å². The molecule has 0 radical (unpaired) electrons. The molecule has 0 fully saturated rings. The molecule has 0 aliphatic carbocycles. The first-order chi connectivity index (χ1) is 6.53. The molecule has 0 bridgehead atoms. The second-order valence-corrected chi connectivity index (χ2v) is 6.18. The van der Waals surface area contributed by atoms with Gasteiger partial charge in [0.05, 0.1) is 16.7 Å². The van der Waals surface area contributed by atoms with Gasteiger partial charge in [0.2, 0.25) is 0 Å². The summed E-state index contributed by atoms with van der Waals surface area (Å²) < 4.78 is 27.6. The third-order valence-corrected chi connectivity index (χ3v) is 4.11. The Bertz CT molecular complexity index is 383. The van der Waals surface area contributed by atoms with E-state index in [1.165, 1.54) is 11.3 Å². The molecule has 0 aliphatic heterocycles. The SMILES string of the molecule is CCOS(=O)(=O)CCc1ccc(Cl)s1. The Morgan fingerprint density at radius 1 is 1.50 bits per heavy atom. The molecule has 6 heteroatoms. The van der Waals surface area contributed by atoms with Crippen LogP contribution in [0.3, 0.4) is 0 Å². The lowest BCUT2D eigenvalue weighted by Gasteiger charge is -2.01. The molecular formula is C8H11ClO3S2. The van der Waals surface area contributed by atoms with Gasteiger partial charge in [-0.25, -0.2) is 0 Å². The van der Waals surface area contributed by atoms with E-state index in [4.69, 9.17) is 11.6 Å². The van der Waals surface area contributed by atoms with Crippen molar-refractivity contribution in [2.45, 2.75) is 13.3 Å². The highest BCUT2D eigenvalue weighted by atomic mass is 35.5. The summed E-state index contributed by atoms with van der Waals surface area (Å²) in [5, 5.41) is 0. The maximum atomic E-state index is 11.2. The quantitative estimate of drug-likeness (QED) is 0.758. The van der Waals surface area contributed by atoms with E-state index in [1.807, 2.05) is 6.07 Å². The third kappa shape index (κ3) is 3.96. The molecule has 3 nitrogen and oxygen atoms in total. The summed E-state index contributed by atoms with van der Waals surface area (Å²) in [5.74, 6) is 0.0116. The van der Waals surface area contributed by atoms with Gasteiger partial charge >= 0.3 is 0 Å². The van der Waals surface area contributed by atoms with Crippen molar-refractivity contribution < 1.29 is 12.6 Å². The van der Waals surface area contributed by atoms with Gasteiger partial charge in [-0.05, 0) is 25.5 Å². The van der Waals surface area contributed by atoms with Crippen LogP contribution in [-0.2, 0) is 20.7 Å². The molecule has 0 aliphatic rings. The minimum absolute atomic E-state index is 0.0116. The van der Waals surface area contributed by atoms with Gasteiger partial charge in [-0.1, -0.05) is 11.6 Å². The Morgan fingerprint density at radius 2 is 2.21 bits per heavy atom. The van der Waals surface area contributed by atoms with Crippen LogP contribution in [0.15, 0.2) is 12.1 Å². The van der Waals surface area contributed by atoms with Crippen molar-refractivity contribution in [3.63, 3.8) is 0 Å². The summed E-state index contributed by atoms with van der Waals surface area (Å²) in [5.41, 5.74) is 0. The first-order valence-electron chi connectivity index (χ1n) is 4.15. The predicted molar refractivity (Wildman–Crippen MR) is 58.4 cm³/mol. The molecule has 0 spiro atoms. The standard InChI is InChI=1S/C8H11ClO3S2/c1-2-12-14(10,11)6-5-7-3-4-8(9)13-7/h3-4H,2,5-6H2,1H3. The number of aryl methyl sites for hydroxylation is 1. The van der Waals surface area contributed by atoms with Gasteiger partial charge in [0.25, 0.3) is 10.1 Å². The summed E-state index contributed by atoms with van der Waals surface area (Å²) in [6, 6.07) is 3.59. The van der Waals surface area contributed by atoms with E-state index in [-0.39, 0.29) is 12.4 Å². The van der Waals surface area contributed by atoms with Crippen LogP contribution in [0.5, 0.6) is 0 Å². The van der Waals surface area contributed by atoms with Gasteiger partial charge in [-0.15, -0.1) is 11.3 Å². The molecule has 0 amide bonds. The summed E-state index contributed by atoms with van der Waals surface area (Å²) in [6.07, 6.45) is 0.458. The van der Waals surface area contributed by atoms with Crippen LogP contribution in [0.25, 0.3) is 0 Å². The zero-order chi connectivity index (χ0) is 10.6. The van der Waals surface area contributed by atoms with Crippen LogP contribution in [0.1, 0.15) is 11.8 Å². The monoisotopic (exact) mass is 254 g/mol. The number of rotatable bonds is 5. The summed E-state index contributed by atoms with van der Waals surface area (Å²) in [4.78, 5) is 0.957. The number of hydrogen-bond acceptors (Lipinski definition) is 4. The highest BCUT2D eigenvalue weighted by Gasteiger charge is 2.10. The Balaban J connectivity index is 2.48. The van der Waals surface area contributed by atoms with Crippen LogP contribution in [0.2, 0.25) is 4.34 Å². The average molecular weight is 255 g/mol. The first-order valence-corrected chi connectivity index (χ1v) is 6.92. The van der Waals surface area contributed by atoms with E-state index >= 15 is 0 Å². The van der Waals surface area contributed by atoms with E-state index in [2.05, 4.69) is 4.18 Å². The van der Waals surface area contributed by atoms with Crippen LogP contribution >= 0.6 is 22.9 Å². The second-order valence-electron chi connectivity index (χ2n) is 2.62. The topological polar surface area (TPSA) is 43.4 Å². The molecule has 0 atom stereocenters. The van der Waals surface area contributed by atoms with E-state index in [0.29, 0.717) is 10.8 Å². The van der Waals surface area contributed by atoms with E-state index in [9.17, 15) is 8.42 Å². The highest BCUT2D eigenvalue weighted by molar-refractivity contribution is 7.86. The van der Waals surface area contributed by atoms with E-state index in [0.717, 1.165) is 4.88 Å². The average Bonchev–Trinajstić information content (AvgIpc) is 2.48. The molecule has 1 aromatic heterocycles. The Hall–Kier alpha value is -0.100. The van der Waals surface area contributed by atoms with Crippen molar-refractivity contribution in [1.82, 2.24) is 0 Å². The third-order valence-electron chi connectivity index (χ3n) is 1.52. The van der Waals surface area contributed by atoms with Crippen molar-refractivity contribution in [3.8, 4) is 0 Å². The molecule has 0 saturated carbocycles. The normalized spacial score (nSPS) is 11.9. The molecule has 80 valence electrons. The molecule has 0 aromatic carbocycles. The second kappa shape index (κ2) is 5.11. The van der Waals surface area contributed by atoms with Gasteiger partial charge in [0.1, 0.15) is 0 Å². The minimum atomic E-state index is -3.36. The first kappa shape index (κ1) is 12.0. The molecular weight excluding hydrogens is 244 g/mol. The van der Waals surface area contributed by atoms with Gasteiger partial charge < -0.3 is 0 Å². The van der Waals surface area contributed by atoms with E-state index in [1.54, 1.807) is 13.0 Å². The number of hydrogen-bond donors (Lipinski definition) is 0. The van der Waals surface area contributed by atoms with Crippen LogP contribution in [0, 0.1) is 0 Å². The van der Waals surface area contributed by atoms with E-state index < -0.39 is 10.1 Å². The van der Waals surface area contributed by atoms with Crippen LogP contribution in [0.4, 0.5) is 0 Å². The van der Waals surface area contributed by atoms with Crippen molar-refractivity contribution in [3.05, 3.63) is 21.3 Å². The van der Waals surface area contributed by atoms with Gasteiger partial charge in [-0.3, -0.25) is 4.18 Å².